The maximum absolute atomic E-state index is 13.4. The molecule has 29 heavy (non-hydrogen) atoms. The number of hydrogen-bond acceptors (Lipinski definition) is 3. The number of nitrogens with zero attached hydrogens (tertiary/aromatic N) is 3. The van der Waals surface area contributed by atoms with Crippen LogP contribution in [0.15, 0.2) is 36.7 Å². The van der Waals surface area contributed by atoms with Gasteiger partial charge in [-0.2, -0.15) is 0 Å². The number of carbonyl (C=O) groups is 2. The van der Waals surface area contributed by atoms with Gasteiger partial charge in [-0.05, 0) is 30.5 Å². The Morgan fingerprint density at radius 3 is 2.31 bits per heavy atom. The topological polar surface area (TPSA) is 67.2 Å². The molecule has 156 valence electrons. The van der Waals surface area contributed by atoms with Crippen LogP contribution in [0.3, 0.4) is 0 Å². The highest BCUT2D eigenvalue weighted by molar-refractivity contribution is 5.83. The summed E-state index contributed by atoms with van der Waals surface area (Å²) in [7, 11) is 1.86. The third-order valence-electron chi connectivity index (χ3n) is 5.40. The van der Waals surface area contributed by atoms with Gasteiger partial charge in [-0.15, -0.1) is 0 Å². The molecule has 0 saturated carbocycles. The first-order valence-corrected chi connectivity index (χ1v) is 9.99. The number of hydrogen-bond donors (Lipinski definition) is 1. The number of piperidine rings is 1. The van der Waals surface area contributed by atoms with Crippen molar-refractivity contribution in [3.05, 3.63) is 53.9 Å². The molecule has 6 nitrogen and oxygen atoms in total. The molecule has 0 spiro atoms. The molecule has 1 N–H and O–H groups in total. The molecule has 1 fully saturated rings. The second kappa shape index (κ2) is 8.35. The quantitative estimate of drug-likeness (QED) is 0.858. The zero-order valence-corrected chi connectivity index (χ0v) is 17.5. The number of rotatable bonds is 4. The predicted octanol–water partition coefficient (Wildman–Crippen LogP) is 3.05. The lowest BCUT2D eigenvalue weighted by Gasteiger charge is -2.35. The highest BCUT2D eigenvalue weighted by Crippen LogP contribution is 2.26. The van der Waals surface area contributed by atoms with Crippen molar-refractivity contribution in [3.8, 4) is 0 Å². The summed E-state index contributed by atoms with van der Waals surface area (Å²) in [5.74, 6) is 0.251. The summed E-state index contributed by atoms with van der Waals surface area (Å²) in [6, 6.07) is 5.64. The van der Waals surface area contributed by atoms with Crippen LogP contribution in [0.25, 0.3) is 0 Å². The number of halogens is 1. The van der Waals surface area contributed by atoms with Crippen LogP contribution < -0.4 is 5.32 Å². The molecule has 1 aromatic heterocycles. The lowest BCUT2D eigenvalue weighted by molar-refractivity contribution is -0.142. The Bertz CT molecular complexity index is 862. The third kappa shape index (κ3) is 4.83. The molecule has 2 aromatic rings. The van der Waals surface area contributed by atoms with Crippen molar-refractivity contribution in [2.75, 3.05) is 13.1 Å². The van der Waals surface area contributed by atoms with Gasteiger partial charge in [-0.1, -0.05) is 32.9 Å². The van der Waals surface area contributed by atoms with E-state index in [9.17, 15) is 14.0 Å². The van der Waals surface area contributed by atoms with Crippen LogP contribution in [-0.2, 0) is 16.6 Å². The average Bonchev–Trinajstić information content (AvgIpc) is 3.11. The maximum Gasteiger partial charge on any atom is 0.227 e. The minimum Gasteiger partial charge on any atom is -0.342 e. The Morgan fingerprint density at radius 1 is 1.17 bits per heavy atom. The molecular weight excluding hydrogens is 371 g/mol. The van der Waals surface area contributed by atoms with Crippen LogP contribution in [0.2, 0.25) is 0 Å². The fourth-order valence-corrected chi connectivity index (χ4v) is 3.69. The number of aromatic nitrogens is 2. The molecule has 1 saturated heterocycles. The lowest BCUT2D eigenvalue weighted by atomic mass is 9.90. The Labute approximate surface area is 171 Å². The van der Waals surface area contributed by atoms with E-state index in [-0.39, 0.29) is 23.5 Å². The van der Waals surface area contributed by atoms with E-state index in [0.717, 1.165) is 5.56 Å². The van der Waals surface area contributed by atoms with Gasteiger partial charge in [0, 0.05) is 43.9 Å². The SMILES string of the molecule is Cn1ccnc1[C@H](NC(=O)C1CCN(C(=O)C(C)(C)C)CC1)c1ccc(F)cc1. The van der Waals surface area contributed by atoms with E-state index in [1.807, 2.05) is 43.5 Å². The maximum atomic E-state index is 13.4. The fraction of sp³-hybridized carbons (Fsp3) is 0.500. The zero-order chi connectivity index (χ0) is 21.2. The smallest absolute Gasteiger partial charge is 0.227 e. The number of carbonyl (C=O) groups excluding carboxylic acids is 2. The predicted molar refractivity (Wildman–Crippen MR) is 108 cm³/mol. The van der Waals surface area contributed by atoms with Gasteiger partial charge < -0.3 is 14.8 Å². The highest BCUT2D eigenvalue weighted by Gasteiger charge is 2.33. The highest BCUT2D eigenvalue weighted by atomic mass is 19.1. The van der Waals surface area contributed by atoms with Crippen LogP contribution in [0.1, 0.15) is 51.0 Å². The van der Waals surface area contributed by atoms with Gasteiger partial charge in [0.2, 0.25) is 11.8 Å². The molecule has 1 aromatic carbocycles. The van der Waals surface area contributed by atoms with Gasteiger partial charge in [0.15, 0.2) is 0 Å². The fourth-order valence-electron chi connectivity index (χ4n) is 3.69. The first-order valence-electron chi connectivity index (χ1n) is 9.99. The van der Waals surface area contributed by atoms with Crippen molar-refractivity contribution < 1.29 is 14.0 Å². The molecule has 3 rings (SSSR count). The molecular formula is C22H29FN4O2. The van der Waals surface area contributed by atoms with Gasteiger partial charge in [-0.3, -0.25) is 9.59 Å². The largest absolute Gasteiger partial charge is 0.342 e. The van der Waals surface area contributed by atoms with E-state index in [1.54, 1.807) is 18.3 Å². The first-order chi connectivity index (χ1) is 13.7. The van der Waals surface area contributed by atoms with Gasteiger partial charge in [-0.25, -0.2) is 9.37 Å². The summed E-state index contributed by atoms with van der Waals surface area (Å²) in [6.07, 6.45) is 4.75. The van der Waals surface area contributed by atoms with Crippen molar-refractivity contribution in [1.82, 2.24) is 19.8 Å². The molecule has 0 unspecified atom stereocenters. The Hall–Kier alpha value is -2.70. The molecule has 0 bridgehead atoms. The Morgan fingerprint density at radius 2 is 1.79 bits per heavy atom. The minimum absolute atomic E-state index is 0.0646. The van der Waals surface area contributed by atoms with E-state index in [4.69, 9.17) is 0 Å². The molecule has 2 heterocycles. The summed E-state index contributed by atoms with van der Waals surface area (Å²) < 4.78 is 15.2. The Balaban J connectivity index is 1.71. The van der Waals surface area contributed by atoms with E-state index >= 15 is 0 Å². The van der Waals surface area contributed by atoms with Crippen LogP contribution in [-0.4, -0.2) is 39.4 Å². The van der Waals surface area contributed by atoms with Gasteiger partial charge in [0.05, 0.1) is 0 Å². The van der Waals surface area contributed by atoms with Gasteiger partial charge >= 0.3 is 0 Å². The third-order valence-corrected chi connectivity index (χ3v) is 5.40. The van der Waals surface area contributed by atoms with Crippen LogP contribution in [0.5, 0.6) is 0 Å². The molecule has 1 aliphatic rings. The molecule has 2 amide bonds. The van der Waals surface area contributed by atoms with Crippen LogP contribution in [0, 0.1) is 17.2 Å². The first kappa shape index (κ1) is 21.0. The Kier molecular flexibility index (Phi) is 6.05. The number of aryl methyl sites for hydroxylation is 1. The number of benzene rings is 1. The second-order valence-electron chi connectivity index (χ2n) is 8.71. The lowest BCUT2D eigenvalue weighted by Crippen LogP contribution is -2.47. The monoisotopic (exact) mass is 400 g/mol. The van der Waals surface area contributed by atoms with Crippen molar-refractivity contribution in [3.63, 3.8) is 0 Å². The van der Waals surface area contributed by atoms with Crippen molar-refractivity contribution in [2.24, 2.45) is 18.4 Å². The average molecular weight is 400 g/mol. The van der Waals surface area contributed by atoms with Crippen molar-refractivity contribution >= 4 is 11.8 Å². The van der Waals surface area contributed by atoms with E-state index in [1.165, 1.54) is 12.1 Å². The number of imidazole rings is 1. The van der Waals surface area contributed by atoms with E-state index < -0.39 is 11.5 Å². The van der Waals surface area contributed by atoms with Gasteiger partial charge in [0.1, 0.15) is 17.7 Å². The molecule has 1 atom stereocenters. The number of likely N-dealkylation sites (tertiary alicyclic amines) is 1. The number of amides is 2. The summed E-state index contributed by atoms with van der Waals surface area (Å²) in [5.41, 5.74) is 0.357. The summed E-state index contributed by atoms with van der Waals surface area (Å²) in [5, 5.41) is 3.09. The summed E-state index contributed by atoms with van der Waals surface area (Å²) in [6.45, 7) is 6.90. The number of nitrogens with one attached hydrogen (secondary N) is 1. The van der Waals surface area contributed by atoms with Gasteiger partial charge in [0.25, 0.3) is 0 Å². The van der Waals surface area contributed by atoms with Crippen molar-refractivity contribution in [2.45, 2.75) is 39.7 Å². The minimum atomic E-state index is -0.461. The van der Waals surface area contributed by atoms with Crippen LogP contribution in [0.4, 0.5) is 4.39 Å². The van der Waals surface area contributed by atoms with E-state index in [2.05, 4.69) is 10.3 Å². The molecule has 0 radical (unpaired) electrons. The zero-order valence-electron chi connectivity index (χ0n) is 17.5. The normalized spacial score (nSPS) is 16.5. The molecule has 1 aliphatic heterocycles. The molecule has 0 aliphatic carbocycles. The van der Waals surface area contributed by atoms with E-state index in [0.29, 0.717) is 31.8 Å². The van der Waals surface area contributed by atoms with Crippen molar-refractivity contribution in [1.29, 1.82) is 0 Å². The standard InChI is InChI=1S/C22H29FN4O2/c1-22(2,3)21(29)27-12-9-16(10-13-27)20(28)25-18(19-24-11-14-26(19)4)15-5-7-17(23)8-6-15/h5-8,11,14,16,18H,9-10,12-13H2,1-4H3,(H,25,28)/t18-/m1/s1. The summed E-state index contributed by atoms with van der Waals surface area (Å²) >= 11 is 0. The second-order valence-corrected chi connectivity index (χ2v) is 8.71. The summed E-state index contributed by atoms with van der Waals surface area (Å²) in [4.78, 5) is 31.7. The van der Waals surface area contributed by atoms with Crippen LogP contribution >= 0.6 is 0 Å². The molecule has 7 heteroatoms.